The SMILES string of the molecule is COCCOCCCNc1cccc(N(C)C)c1. The van der Waals surface area contributed by atoms with Crippen LogP contribution in [0.15, 0.2) is 24.3 Å². The Morgan fingerprint density at radius 3 is 2.72 bits per heavy atom. The van der Waals surface area contributed by atoms with Crippen LogP contribution in [0.2, 0.25) is 0 Å². The van der Waals surface area contributed by atoms with Crippen LogP contribution in [-0.2, 0) is 9.47 Å². The maximum absolute atomic E-state index is 5.40. The highest BCUT2D eigenvalue weighted by atomic mass is 16.5. The van der Waals surface area contributed by atoms with Gasteiger partial charge in [-0.05, 0) is 24.6 Å². The van der Waals surface area contributed by atoms with E-state index in [-0.39, 0.29) is 0 Å². The molecule has 102 valence electrons. The third-order valence-electron chi connectivity index (χ3n) is 2.59. The molecule has 1 rings (SSSR count). The summed E-state index contributed by atoms with van der Waals surface area (Å²) in [7, 11) is 5.77. The van der Waals surface area contributed by atoms with Crippen LogP contribution in [0.25, 0.3) is 0 Å². The Morgan fingerprint density at radius 2 is 2.00 bits per heavy atom. The monoisotopic (exact) mass is 252 g/mol. The predicted octanol–water partition coefficient (Wildman–Crippen LogP) is 2.22. The highest BCUT2D eigenvalue weighted by Crippen LogP contribution is 2.16. The first-order valence-corrected chi connectivity index (χ1v) is 6.32. The standard InChI is InChI=1S/C14H24N2O2/c1-16(2)14-7-4-6-13(12-14)15-8-5-9-18-11-10-17-3/h4,6-7,12,15H,5,8-11H2,1-3H3. The highest BCUT2D eigenvalue weighted by Gasteiger charge is 1.97. The summed E-state index contributed by atoms with van der Waals surface area (Å²) >= 11 is 0. The Hall–Kier alpha value is -1.26. The molecule has 0 radical (unpaired) electrons. The lowest BCUT2D eigenvalue weighted by Gasteiger charge is -2.14. The van der Waals surface area contributed by atoms with Gasteiger partial charge in [0, 0.05) is 45.7 Å². The molecule has 1 aromatic rings. The molecule has 0 amide bonds. The molecule has 0 unspecified atom stereocenters. The maximum Gasteiger partial charge on any atom is 0.0700 e. The molecule has 0 saturated carbocycles. The maximum atomic E-state index is 5.40. The lowest BCUT2D eigenvalue weighted by molar-refractivity contribution is 0.0705. The van der Waals surface area contributed by atoms with Crippen LogP contribution in [0.1, 0.15) is 6.42 Å². The van der Waals surface area contributed by atoms with Crippen molar-refractivity contribution in [2.75, 3.05) is 57.8 Å². The third-order valence-corrected chi connectivity index (χ3v) is 2.59. The second-order valence-corrected chi connectivity index (χ2v) is 4.33. The molecule has 0 heterocycles. The number of hydrogen-bond donors (Lipinski definition) is 1. The van der Waals surface area contributed by atoms with Crippen LogP contribution in [-0.4, -0.2) is 47.6 Å². The van der Waals surface area contributed by atoms with E-state index in [0.717, 1.165) is 25.3 Å². The second-order valence-electron chi connectivity index (χ2n) is 4.33. The predicted molar refractivity (Wildman–Crippen MR) is 76.6 cm³/mol. The molecule has 1 N–H and O–H groups in total. The van der Waals surface area contributed by atoms with Gasteiger partial charge in [-0.25, -0.2) is 0 Å². The van der Waals surface area contributed by atoms with Crippen molar-refractivity contribution in [2.45, 2.75) is 6.42 Å². The molecule has 0 atom stereocenters. The molecule has 0 saturated heterocycles. The van der Waals surface area contributed by atoms with Crippen LogP contribution < -0.4 is 10.2 Å². The minimum Gasteiger partial charge on any atom is -0.385 e. The normalized spacial score (nSPS) is 10.4. The number of nitrogens with zero attached hydrogens (tertiary/aromatic N) is 1. The molecule has 0 spiro atoms. The molecule has 0 aliphatic carbocycles. The molecule has 4 heteroatoms. The lowest BCUT2D eigenvalue weighted by atomic mass is 10.2. The van der Waals surface area contributed by atoms with Gasteiger partial charge in [-0.1, -0.05) is 6.07 Å². The molecule has 0 aromatic heterocycles. The van der Waals surface area contributed by atoms with Crippen molar-refractivity contribution in [1.82, 2.24) is 0 Å². The smallest absolute Gasteiger partial charge is 0.0700 e. The summed E-state index contributed by atoms with van der Waals surface area (Å²) in [6.45, 7) is 3.03. The van der Waals surface area contributed by atoms with Crippen molar-refractivity contribution >= 4 is 11.4 Å². The zero-order valence-electron chi connectivity index (χ0n) is 11.6. The molecule has 4 nitrogen and oxygen atoms in total. The van der Waals surface area contributed by atoms with E-state index in [1.54, 1.807) is 7.11 Å². The van der Waals surface area contributed by atoms with E-state index in [1.165, 1.54) is 5.69 Å². The number of rotatable bonds is 9. The average Bonchev–Trinajstić information content (AvgIpc) is 2.38. The van der Waals surface area contributed by atoms with Crippen molar-refractivity contribution in [2.24, 2.45) is 0 Å². The fourth-order valence-electron chi connectivity index (χ4n) is 1.55. The summed E-state index contributed by atoms with van der Waals surface area (Å²) in [5.74, 6) is 0. The van der Waals surface area contributed by atoms with Crippen LogP contribution in [0.3, 0.4) is 0 Å². The van der Waals surface area contributed by atoms with Crippen LogP contribution in [0.5, 0.6) is 0 Å². The zero-order valence-corrected chi connectivity index (χ0v) is 11.6. The lowest BCUT2D eigenvalue weighted by Crippen LogP contribution is -2.10. The van der Waals surface area contributed by atoms with E-state index in [0.29, 0.717) is 13.2 Å². The van der Waals surface area contributed by atoms with Gasteiger partial charge in [0.15, 0.2) is 0 Å². The fourth-order valence-corrected chi connectivity index (χ4v) is 1.55. The minimum absolute atomic E-state index is 0.665. The molecule has 0 aliphatic rings. The van der Waals surface area contributed by atoms with Gasteiger partial charge in [0.1, 0.15) is 0 Å². The minimum atomic E-state index is 0.665. The summed E-state index contributed by atoms with van der Waals surface area (Å²) in [5, 5.41) is 3.39. The molecule has 18 heavy (non-hydrogen) atoms. The van der Waals surface area contributed by atoms with E-state index >= 15 is 0 Å². The zero-order chi connectivity index (χ0) is 13.2. The molecule has 0 bridgehead atoms. The van der Waals surface area contributed by atoms with Crippen molar-refractivity contribution in [3.8, 4) is 0 Å². The van der Waals surface area contributed by atoms with Gasteiger partial charge in [0.25, 0.3) is 0 Å². The second kappa shape index (κ2) is 8.78. The van der Waals surface area contributed by atoms with Gasteiger partial charge >= 0.3 is 0 Å². The summed E-state index contributed by atoms with van der Waals surface area (Å²) < 4.78 is 10.3. The van der Waals surface area contributed by atoms with Crippen molar-refractivity contribution in [1.29, 1.82) is 0 Å². The number of methoxy groups -OCH3 is 1. The van der Waals surface area contributed by atoms with Gasteiger partial charge in [-0.3, -0.25) is 0 Å². The van der Waals surface area contributed by atoms with E-state index < -0.39 is 0 Å². The van der Waals surface area contributed by atoms with Crippen LogP contribution >= 0.6 is 0 Å². The number of benzene rings is 1. The van der Waals surface area contributed by atoms with E-state index in [4.69, 9.17) is 9.47 Å². The van der Waals surface area contributed by atoms with Crippen molar-refractivity contribution in [3.63, 3.8) is 0 Å². The summed E-state index contributed by atoms with van der Waals surface area (Å²) in [6, 6.07) is 8.39. The Labute approximate surface area is 110 Å². The average molecular weight is 252 g/mol. The van der Waals surface area contributed by atoms with Gasteiger partial charge in [0.2, 0.25) is 0 Å². The molecular formula is C14H24N2O2. The number of anilines is 2. The van der Waals surface area contributed by atoms with Crippen molar-refractivity contribution in [3.05, 3.63) is 24.3 Å². The topological polar surface area (TPSA) is 33.7 Å². The molecule has 0 aliphatic heterocycles. The number of nitrogens with one attached hydrogen (secondary N) is 1. The van der Waals surface area contributed by atoms with Crippen LogP contribution in [0.4, 0.5) is 11.4 Å². The van der Waals surface area contributed by atoms with Crippen LogP contribution in [0, 0.1) is 0 Å². The molecular weight excluding hydrogens is 228 g/mol. The van der Waals surface area contributed by atoms with E-state index in [1.807, 2.05) is 14.1 Å². The van der Waals surface area contributed by atoms with Gasteiger partial charge in [-0.15, -0.1) is 0 Å². The molecule has 0 fully saturated rings. The van der Waals surface area contributed by atoms with Gasteiger partial charge in [-0.2, -0.15) is 0 Å². The fraction of sp³-hybridized carbons (Fsp3) is 0.571. The Kier molecular flexibility index (Phi) is 7.22. The van der Waals surface area contributed by atoms with E-state index in [2.05, 4.69) is 34.5 Å². The first-order valence-electron chi connectivity index (χ1n) is 6.32. The van der Waals surface area contributed by atoms with Crippen molar-refractivity contribution < 1.29 is 9.47 Å². The number of hydrogen-bond acceptors (Lipinski definition) is 4. The van der Waals surface area contributed by atoms with Gasteiger partial charge in [0.05, 0.1) is 13.2 Å². The Morgan fingerprint density at radius 1 is 1.17 bits per heavy atom. The summed E-state index contributed by atoms with van der Waals surface area (Å²) in [5.41, 5.74) is 2.36. The largest absolute Gasteiger partial charge is 0.385 e. The first-order chi connectivity index (χ1) is 8.74. The quantitative estimate of drug-likeness (QED) is 0.683. The highest BCUT2D eigenvalue weighted by molar-refractivity contribution is 5.57. The molecule has 1 aromatic carbocycles. The summed E-state index contributed by atoms with van der Waals surface area (Å²) in [4.78, 5) is 2.10. The Balaban J connectivity index is 2.17. The van der Waals surface area contributed by atoms with Gasteiger partial charge < -0.3 is 19.7 Å². The first kappa shape index (κ1) is 14.8. The third kappa shape index (κ3) is 5.89. The Bertz CT molecular complexity index is 329. The van der Waals surface area contributed by atoms with E-state index in [9.17, 15) is 0 Å². The number of ether oxygens (including phenoxy) is 2. The summed E-state index contributed by atoms with van der Waals surface area (Å²) in [6.07, 6.45) is 0.996.